The smallest absolute Gasteiger partial charge is 0.0977 e. The minimum atomic E-state index is -0.352. The molecular formula is C6H14NdO2. The summed E-state index contributed by atoms with van der Waals surface area (Å²) in [5.74, 6) is 0. The monoisotopic (exact) mass is 260 g/mol. The first-order valence-electron chi connectivity index (χ1n) is 2.95. The summed E-state index contributed by atoms with van der Waals surface area (Å²) in [7, 11) is 0. The zero-order chi connectivity index (χ0) is 6.62. The normalized spacial score (nSPS) is 10.7. The molecule has 0 aliphatic carbocycles. The van der Waals surface area contributed by atoms with Crippen LogP contribution in [0.25, 0.3) is 0 Å². The Kier molecular flexibility index (Phi) is 8.62. The molecule has 2 nitrogen and oxygen atoms in total. The van der Waals surface area contributed by atoms with Gasteiger partial charge in [0.2, 0.25) is 0 Å². The van der Waals surface area contributed by atoms with Gasteiger partial charge in [-0.1, -0.05) is 13.3 Å². The zero-order valence-electron chi connectivity index (χ0n) is 6.27. The zero-order valence-corrected chi connectivity index (χ0v) is 9.48. The van der Waals surface area contributed by atoms with Crippen molar-refractivity contribution in [2.75, 3.05) is 0 Å². The summed E-state index contributed by atoms with van der Waals surface area (Å²) in [6, 6.07) is 0. The van der Waals surface area contributed by atoms with Gasteiger partial charge in [0.05, 0.1) is 5.60 Å². The van der Waals surface area contributed by atoms with Crippen LogP contribution >= 0.6 is 0 Å². The number of rotatable bonds is 3. The quantitative estimate of drug-likeness (QED) is 0.623. The van der Waals surface area contributed by atoms with Crippen molar-refractivity contribution in [3.05, 3.63) is 0 Å². The third kappa shape index (κ3) is 7.16. The molecule has 3 heteroatoms. The molecule has 0 atom stereocenters. The first kappa shape index (κ1) is 12.9. The molecule has 0 heterocycles. The van der Waals surface area contributed by atoms with Crippen molar-refractivity contribution in [3.63, 3.8) is 0 Å². The predicted molar refractivity (Wildman–Crippen MR) is 32.7 cm³/mol. The Bertz CT molecular complexity index is 64.1. The molecule has 0 aliphatic rings. The molecule has 0 aromatic rings. The Balaban J connectivity index is 0. The largest absolute Gasteiger partial charge is 0.251 e. The van der Waals surface area contributed by atoms with Gasteiger partial charge in [0.25, 0.3) is 0 Å². The van der Waals surface area contributed by atoms with Gasteiger partial charge in [-0.3, -0.25) is 5.26 Å². The maximum absolute atomic E-state index is 8.23. The molecule has 0 unspecified atom stereocenters. The van der Waals surface area contributed by atoms with Crippen molar-refractivity contribution in [1.29, 1.82) is 0 Å². The van der Waals surface area contributed by atoms with Crippen LogP contribution in [0.3, 0.4) is 0 Å². The fraction of sp³-hybridized carbons (Fsp3) is 1.00. The fourth-order valence-electron chi connectivity index (χ4n) is 0.648. The third-order valence-corrected chi connectivity index (χ3v) is 1.10. The summed E-state index contributed by atoms with van der Waals surface area (Å²) in [6.07, 6.45) is 1.93. The Labute approximate surface area is 89.4 Å². The molecule has 0 saturated carbocycles. The predicted octanol–water partition coefficient (Wildman–Crippen LogP) is 2.05. The van der Waals surface area contributed by atoms with Gasteiger partial charge in [0.15, 0.2) is 0 Å². The van der Waals surface area contributed by atoms with E-state index in [2.05, 4.69) is 11.8 Å². The Hall–Kier alpha value is 1.27. The SMILES string of the molecule is CCCC(C)(C)OO.[Nd]. The third-order valence-electron chi connectivity index (χ3n) is 1.10. The molecule has 1 N–H and O–H groups in total. The van der Waals surface area contributed by atoms with E-state index in [9.17, 15) is 0 Å². The summed E-state index contributed by atoms with van der Waals surface area (Å²) in [4.78, 5) is 4.18. The molecule has 9 heavy (non-hydrogen) atoms. The molecule has 54 valence electrons. The summed E-state index contributed by atoms with van der Waals surface area (Å²) >= 11 is 0. The summed E-state index contributed by atoms with van der Waals surface area (Å²) in [5.41, 5.74) is -0.352. The number of hydrogen-bond donors (Lipinski definition) is 1. The Morgan fingerprint density at radius 2 is 1.89 bits per heavy atom. The van der Waals surface area contributed by atoms with Crippen LogP contribution in [0.4, 0.5) is 0 Å². The Morgan fingerprint density at radius 1 is 1.44 bits per heavy atom. The number of hydrogen-bond acceptors (Lipinski definition) is 2. The van der Waals surface area contributed by atoms with Crippen LogP contribution < -0.4 is 0 Å². The van der Waals surface area contributed by atoms with Crippen molar-refractivity contribution in [3.8, 4) is 0 Å². The van der Waals surface area contributed by atoms with Crippen molar-refractivity contribution in [1.82, 2.24) is 0 Å². The second kappa shape index (κ2) is 6.01. The van der Waals surface area contributed by atoms with Crippen molar-refractivity contribution >= 4 is 0 Å². The molecular weight excluding hydrogens is 248 g/mol. The van der Waals surface area contributed by atoms with Crippen LogP contribution in [-0.2, 0) is 4.89 Å². The molecule has 0 saturated heterocycles. The van der Waals surface area contributed by atoms with E-state index in [-0.39, 0.29) is 46.4 Å². The second-order valence-corrected chi connectivity index (χ2v) is 2.60. The Morgan fingerprint density at radius 3 is 2.00 bits per heavy atom. The van der Waals surface area contributed by atoms with E-state index < -0.39 is 0 Å². The van der Waals surface area contributed by atoms with Crippen LogP contribution in [0.2, 0.25) is 0 Å². The average Bonchev–Trinajstić information content (AvgIpc) is 1.67. The van der Waals surface area contributed by atoms with Gasteiger partial charge in [0, 0.05) is 40.8 Å². The minimum absolute atomic E-state index is 0. The molecule has 0 amide bonds. The van der Waals surface area contributed by atoms with Gasteiger partial charge in [-0.25, -0.2) is 4.89 Å². The maximum Gasteiger partial charge on any atom is 0.0977 e. The van der Waals surface area contributed by atoms with E-state index in [1.165, 1.54) is 0 Å². The maximum atomic E-state index is 8.23. The summed E-state index contributed by atoms with van der Waals surface area (Å²) in [5, 5.41) is 8.23. The van der Waals surface area contributed by atoms with Crippen molar-refractivity contribution in [2.45, 2.75) is 39.2 Å². The first-order chi connectivity index (χ1) is 3.62. The standard InChI is InChI=1S/C6H14O2.Nd/c1-4-5-6(2,3)8-7;/h7H,4-5H2,1-3H3;. The van der Waals surface area contributed by atoms with E-state index in [4.69, 9.17) is 5.26 Å². The first-order valence-corrected chi connectivity index (χ1v) is 2.95. The van der Waals surface area contributed by atoms with E-state index in [1.54, 1.807) is 0 Å². The van der Waals surface area contributed by atoms with Gasteiger partial charge in [-0.15, -0.1) is 0 Å². The second-order valence-electron chi connectivity index (χ2n) is 2.60. The molecule has 0 aromatic heterocycles. The van der Waals surface area contributed by atoms with Gasteiger partial charge in [-0.05, 0) is 20.3 Å². The molecule has 0 rings (SSSR count). The molecule has 0 aliphatic heterocycles. The van der Waals surface area contributed by atoms with Crippen molar-refractivity contribution < 1.29 is 51.0 Å². The fourth-order valence-corrected chi connectivity index (χ4v) is 0.648. The van der Waals surface area contributed by atoms with Crippen molar-refractivity contribution in [2.24, 2.45) is 0 Å². The van der Waals surface area contributed by atoms with Gasteiger partial charge in [-0.2, -0.15) is 0 Å². The van der Waals surface area contributed by atoms with Gasteiger partial charge in [0.1, 0.15) is 0 Å². The topological polar surface area (TPSA) is 29.5 Å². The van der Waals surface area contributed by atoms with E-state index in [1.807, 2.05) is 13.8 Å². The average molecular weight is 262 g/mol. The summed E-state index contributed by atoms with van der Waals surface area (Å²) in [6.45, 7) is 5.77. The van der Waals surface area contributed by atoms with E-state index in [0.29, 0.717) is 0 Å². The van der Waals surface area contributed by atoms with E-state index in [0.717, 1.165) is 12.8 Å². The molecule has 0 bridgehead atoms. The molecule has 0 aromatic carbocycles. The van der Waals surface area contributed by atoms with E-state index >= 15 is 0 Å². The minimum Gasteiger partial charge on any atom is -0.251 e. The molecule has 0 radical (unpaired) electrons. The molecule has 0 fully saturated rings. The van der Waals surface area contributed by atoms with Gasteiger partial charge >= 0.3 is 0 Å². The van der Waals surface area contributed by atoms with Crippen LogP contribution in [-0.4, -0.2) is 10.9 Å². The van der Waals surface area contributed by atoms with Crippen LogP contribution in [0.15, 0.2) is 0 Å². The molecule has 0 spiro atoms. The van der Waals surface area contributed by atoms with Crippen LogP contribution in [0.5, 0.6) is 0 Å². The summed E-state index contributed by atoms with van der Waals surface area (Å²) < 4.78 is 0. The van der Waals surface area contributed by atoms with Crippen LogP contribution in [0.1, 0.15) is 33.6 Å². The van der Waals surface area contributed by atoms with Gasteiger partial charge < -0.3 is 0 Å². The van der Waals surface area contributed by atoms with Crippen LogP contribution in [0, 0.1) is 40.8 Å².